The lowest BCUT2D eigenvalue weighted by Gasteiger charge is -2.12. The van der Waals surface area contributed by atoms with Crippen molar-refractivity contribution in [2.45, 2.75) is 13.1 Å². The van der Waals surface area contributed by atoms with Crippen molar-refractivity contribution in [1.29, 1.82) is 0 Å². The standard InChI is InChI=1S/C22H15F5N6/c1-2-29-16-7-12(23)6-14-18-20(33-4-3-17(32-33)22(25,26)27)15(10-30-21(18)31-19(14)16)11-5-13(24)9-28-8-11/h3-10,29H,2H2,1H3,(H,30,31). The number of hydrogen-bond donors (Lipinski definition) is 2. The molecule has 0 bridgehead atoms. The number of benzene rings is 1. The molecule has 5 rings (SSSR count). The highest BCUT2D eigenvalue weighted by atomic mass is 19.4. The van der Waals surface area contributed by atoms with Crippen molar-refractivity contribution in [3.8, 4) is 16.8 Å². The minimum Gasteiger partial charge on any atom is -0.384 e. The largest absolute Gasteiger partial charge is 0.435 e. The van der Waals surface area contributed by atoms with Crippen LogP contribution in [0.1, 0.15) is 12.6 Å². The van der Waals surface area contributed by atoms with E-state index in [0.717, 1.165) is 23.1 Å². The number of nitrogens with zero attached hydrogens (tertiary/aromatic N) is 4. The van der Waals surface area contributed by atoms with Gasteiger partial charge in [-0.15, -0.1) is 0 Å². The number of anilines is 1. The first-order valence-corrected chi connectivity index (χ1v) is 9.88. The quantitative estimate of drug-likeness (QED) is 0.340. The number of fused-ring (bicyclic) bond motifs is 3. The summed E-state index contributed by atoms with van der Waals surface area (Å²) >= 11 is 0. The summed E-state index contributed by atoms with van der Waals surface area (Å²) in [5.41, 5.74) is 0.948. The van der Waals surface area contributed by atoms with Gasteiger partial charge >= 0.3 is 6.18 Å². The third kappa shape index (κ3) is 3.55. The van der Waals surface area contributed by atoms with Crippen molar-refractivity contribution >= 4 is 27.6 Å². The molecule has 0 saturated carbocycles. The molecule has 4 aromatic heterocycles. The zero-order valence-electron chi connectivity index (χ0n) is 17.0. The number of hydrogen-bond acceptors (Lipinski definition) is 4. The fourth-order valence-corrected chi connectivity index (χ4v) is 3.85. The van der Waals surface area contributed by atoms with Gasteiger partial charge in [0.25, 0.3) is 0 Å². The van der Waals surface area contributed by atoms with Crippen LogP contribution in [0.15, 0.2) is 49.1 Å². The van der Waals surface area contributed by atoms with Gasteiger partial charge in [-0.05, 0) is 31.2 Å². The van der Waals surface area contributed by atoms with Gasteiger partial charge < -0.3 is 10.3 Å². The van der Waals surface area contributed by atoms with Gasteiger partial charge in [-0.25, -0.2) is 18.4 Å². The molecule has 0 amide bonds. The number of aromatic nitrogens is 5. The number of alkyl halides is 3. The molecule has 0 fully saturated rings. The molecular formula is C22H15F5N6. The highest BCUT2D eigenvalue weighted by Gasteiger charge is 2.34. The second-order valence-electron chi connectivity index (χ2n) is 7.31. The Hall–Kier alpha value is -4.02. The first kappa shape index (κ1) is 20.9. The Labute approximate surface area is 183 Å². The van der Waals surface area contributed by atoms with E-state index >= 15 is 0 Å². The summed E-state index contributed by atoms with van der Waals surface area (Å²) in [5, 5.41) is 7.49. The maximum atomic E-state index is 14.5. The van der Waals surface area contributed by atoms with Gasteiger partial charge in [0.2, 0.25) is 0 Å². The Balaban J connectivity index is 1.90. The first-order chi connectivity index (χ1) is 15.8. The molecular weight excluding hydrogens is 443 g/mol. The second kappa shape index (κ2) is 7.54. The zero-order valence-corrected chi connectivity index (χ0v) is 17.0. The van der Waals surface area contributed by atoms with Crippen molar-refractivity contribution in [2.24, 2.45) is 0 Å². The Morgan fingerprint density at radius 1 is 1.06 bits per heavy atom. The summed E-state index contributed by atoms with van der Waals surface area (Å²) in [4.78, 5) is 11.3. The molecule has 11 heteroatoms. The molecule has 0 aliphatic rings. The van der Waals surface area contributed by atoms with Crippen LogP contribution < -0.4 is 5.32 Å². The van der Waals surface area contributed by atoms with Gasteiger partial charge in [0.15, 0.2) is 5.69 Å². The summed E-state index contributed by atoms with van der Waals surface area (Å²) in [5.74, 6) is -1.17. The molecule has 2 N–H and O–H groups in total. The lowest BCUT2D eigenvalue weighted by atomic mass is 10.0. The Morgan fingerprint density at radius 3 is 2.58 bits per heavy atom. The van der Waals surface area contributed by atoms with Gasteiger partial charge in [-0.1, -0.05) is 0 Å². The normalized spacial score (nSPS) is 12.1. The molecule has 0 saturated heterocycles. The summed E-state index contributed by atoms with van der Waals surface area (Å²) < 4.78 is 69.3. The molecule has 0 radical (unpaired) electrons. The average molecular weight is 458 g/mol. The van der Waals surface area contributed by atoms with Gasteiger partial charge in [-0.2, -0.15) is 18.3 Å². The molecule has 5 aromatic rings. The van der Waals surface area contributed by atoms with E-state index in [-0.39, 0.29) is 16.8 Å². The summed E-state index contributed by atoms with van der Waals surface area (Å²) in [7, 11) is 0. The monoisotopic (exact) mass is 458 g/mol. The van der Waals surface area contributed by atoms with Crippen molar-refractivity contribution < 1.29 is 22.0 Å². The van der Waals surface area contributed by atoms with Crippen LogP contribution in [-0.2, 0) is 6.18 Å². The third-order valence-electron chi connectivity index (χ3n) is 5.16. The Bertz CT molecular complexity index is 1500. The number of halogens is 5. The van der Waals surface area contributed by atoms with Gasteiger partial charge in [0, 0.05) is 41.6 Å². The predicted molar refractivity (Wildman–Crippen MR) is 113 cm³/mol. The number of aromatic amines is 1. The van der Waals surface area contributed by atoms with Crippen LogP contribution in [0.4, 0.5) is 27.6 Å². The van der Waals surface area contributed by atoms with Crippen LogP contribution in [0.3, 0.4) is 0 Å². The fraction of sp³-hybridized carbons (Fsp3) is 0.136. The summed E-state index contributed by atoms with van der Waals surface area (Å²) in [6.07, 6.45) is 0.249. The van der Waals surface area contributed by atoms with Crippen molar-refractivity contribution in [3.05, 3.63) is 66.4 Å². The average Bonchev–Trinajstić information content (AvgIpc) is 3.39. The zero-order chi connectivity index (χ0) is 23.3. The molecule has 4 heterocycles. The van der Waals surface area contributed by atoms with Crippen LogP contribution in [-0.4, -0.2) is 31.3 Å². The molecule has 33 heavy (non-hydrogen) atoms. The van der Waals surface area contributed by atoms with Crippen LogP contribution >= 0.6 is 0 Å². The van der Waals surface area contributed by atoms with E-state index in [4.69, 9.17) is 0 Å². The van der Waals surface area contributed by atoms with E-state index < -0.39 is 23.5 Å². The van der Waals surface area contributed by atoms with Crippen LogP contribution in [0.2, 0.25) is 0 Å². The van der Waals surface area contributed by atoms with Crippen LogP contribution in [0, 0.1) is 11.6 Å². The fourth-order valence-electron chi connectivity index (χ4n) is 3.85. The lowest BCUT2D eigenvalue weighted by molar-refractivity contribution is -0.141. The van der Waals surface area contributed by atoms with E-state index in [1.54, 1.807) is 0 Å². The number of H-pyrrole nitrogens is 1. The van der Waals surface area contributed by atoms with E-state index in [1.165, 1.54) is 30.6 Å². The van der Waals surface area contributed by atoms with Crippen molar-refractivity contribution in [2.75, 3.05) is 11.9 Å². The number of pyridine rings is 2. The second-order valence-corrected chi connectivity index (χ2v) is 7.31. The molecule has 0 unspecified atom stereocenters. The molecule has 6 nitrogen and oxygen atoms in total. The van der Waals surface area contributed by atoms with E-state index in [2.05, 4.69) is 25.4 Å². The lowest BCUT2D eigenvalue weighted by Crippen LogP contribution is -2.08. The van der Waals surface area contributed by atoms with Gasteiger partial charge in [0.05, 0.1) is 28.5 Å². The van der Waals surface area contributed by atoms with Crippen molar-refractivity contribution in [3.63, 3.8) is 0 Å². The molecule has 1 aromatic carbocycles. The molecule has 0 aliphatic carbocycles. The van der Waals surface area contributed by atoms with Crippen LogP contribution in [0.5, 0.6) is 0 Å². The number of rotatable bonds is 4. The Morgan fingerprint density at radius 2 is 1.88 bits per heavy atom. The minimum absolute atomic E-state index is 0.183. The number of nitrogens with one attached hydrogen (secondary N) is 2. The van der Waals surface area contributed by atoms with E-state index in [1.807, 2.05) is 6.92 Å². The smallest absolute Gasteiger partial charge is 0.384 e. The van der Waals surface area contributed by atoms with Gasteiger partial charge in [-0.3, -0.25) is 4.98 Å². The minimum atomic E-state index is -4.66. The summed E-state index contributed by atoms with van der Waals surface area (Å²) in [6.45, 7) is 2.36. The summed E-state index contributed by atoms with van der Waals surface area (Å²) in [6, 6.07) is 4.60. The maximum absolute atomic E-state index is 14.5. The Kier molecular flexibility index (Phi) is 4.76. The van der Waals surface area contributed by atoms with Crippen molar-refractivity contribution in [1.82, 2.24) is 24.7 Å². The predicted octanol–water partition coefficient (Wildman–Crippen LogP) is 5.69. The first-order valence-electron chi connectivity index (χ1n) is 9.88. The van der Waals surface area contributed by atoms with Gasteiger partial charge in [0.1, 0.15) is 17.3 Å². The third-order valence-corrected chi connectivity index (χ3v) is 5.16. The highest BCUT2D eigenvalue weighted by molar-refractivity contribution is 6.15. The van der Waals surface area contributed by atoms with E-state index in [0.29, 0.717) is 34.2 Å². The highest BCUT2D eigenvalue weighted by Crippen LogP contribution is 2.39. The molecule has 0 atom stereocenters. The SMILES string of the molecule is CCNc1cc(F)cc2c1[nH]c1ncc(-c3cncc(F)c3)c(-n3ccc(C(F)(F)F)n3)c12. The van der Waals surface area contributed by atoms with Crippen LogP contribution in [0.25, 0.3) is 38.8 Å². The van der Waals surface area contributed by atoms with E-state index in [9.17, 15) is 22.0 Å². The topological polar surface area (TPSA) is 71.4 Å². The molecule has 0 aliphatic heterocycles. The maximum Gasteiger partial charge on any atom is 0.435 e. The molecule has 168 valence electrons. The molecule has 0 spiro atoms.